The second kappa shape index (κ2) is 5.75. The van der Waals surface area contributed by atoms with E-state index in [0.29, 0.717) is 6.42 Å². The van der Waals surface area contributed by atoms with Crippen molar-refractivity contribution in [2.45, 2.75) is 17.9 Å². The number of sulfone groups is 1. The highest BCUT2D eigenvalue weighted by Crippen LogP contribution is 2.38. The molecule has 3 nitrogen and oxygen atoms in total. The van der Waals surface area contributed by atoms with Gasteiger partial charge in [-0.25, -0.2) is 8.42 Å². The Morgan fingerprint density at radius 1 is 1.26 bits per heavy atom. The minimum Gasteiger partial charge on any atom is -0.435 e. The molecule has 1 aliphatic heterocycles. The van der Waals surface area contributed by atoms with Crippen LogP contribution in [-0.2, 0) is 9.84 Å². The maximum absolute atomic E-state index is 12.0. The summed E-state index contributed by atoms with van der Waals surface area (Å²) in [7, 11) is -2.93. The van der Waals surface area contributed by atoms with Crippen LogP contribution in [0.1, 0.15) is 16.8 Å². The lowest BCUT2D eigenvalue weighted by Crippen LogP contribution is -2.10. The largest absolute Gasteiger partial charge is 0.435 e. The van der Waals surface area contributed by atoms with Gasteiger partial charge in [-0.2, -0.15) is 8.78 Å². The molecular weight excluding hydrogens is 342 g/mol. The maximum atomic E-state index is 12.0. The van der Waals surface area contributed by atoms with E-state index < -0.39 is 16.4 Å². The summed E-state index contributed by atoms with van der Waals surface area (Å²) in [5, 5.41) is 0. The van der Waals surface area contributed by atoms with Gasteiger partial charge in [-0.3, -0.25) is 0 Å². The second-order valence-corrected chi connectivity index (χ2v) is 7.73. The summed E-state index contributed by atoms with van der Waals surface area (Å²) >= 11 is 3.49. The SMILES string of the molecule is O=S1(=O)CCC(C(Br)c2ccc(OC(F)F)cc2)C1. The fourth-order valence-electron chi connectivity index (χ4n) is 2.16. The van der Waals surface area contributed by atoms with Gasteiger partial charge in [0.25, 0.3) is 0 Å². The van der Waals surface area contributed by atoms with E-state index in [4.69, 9.17) is 0 Å². The maximum Gasteiger partial charge on any atom is 0.387 e. The average molecular weight is 355 g/mol. The average Bonchev–Trinajstić information content (AvgIpc) is 2.69. The van der Waals surface area contributed by atoms with Crippen molar-refractivity contribution >= 4 is 25.8 Å². The second-order valence-electron chi connectivity index (χ2n) is 4.51. The Labute approximate surface area is 119 Å². The topological polar surface area (TPSA) is 43.4 Å². The highest BCUT2D eigenvalue weighted by atomic mass is 79.9. The van der Waals surface area contributed by atoms with Crippen molar-refractivity contribution in [3.05, 3.63) is 29.8 Å². The van der Waals surface area contributed by atoms with Crippen LogP contribution in [-0.4, -0.2) is 26.5 Å². The molecule has 0 N–H and O–H groups in total. The molecule has 106 valence electrons. The van der Waals surface area contributed by atoms with Crippen LogP contribution in [0.2, 0.25) is 0 Å². The molecule has 1 aromatic carbocycles. The van der Waals surface area contributed by atoms with E-state index in [9.17, 15) is 17.2 Å². The predicted molar refractivity (Wildman–Crippen MR) is 71.5 cm³/mol. The number of benzene rings is 1. The Bertz CT molecular complexity index is 530. The zero-order valence-electron chi connectivity index (χ0n) is 9.93. The first-order valence-electron chi connectivity index (χ1n) is 5.77. The van der Waals surface area contributed by atoms with Crippen LogP contribution in [0.15, 0.2) is 24.3 Å². The molecule has 0 amide bonds. The van der Waals surface area contributed by atoms with E-state index in [0.717, 1.165) is 5.56 Å². The van der Waals surface area contributed by atoms with Gasteiger partial charge >= 0.3 is 6.61 Å². The highest BCUT2D eigenvalue weighted by Gasteiger charge is 2.33. The molecule has 2 unspecified atom stereocenters. The third-order valence-corrected chi connectivity index (χ3v) is 6.18. The van der Waals surface area contributed by atoms with Gasteiger partial charge in [0.2, 0.25) is 0 Å². The van der Waals surface area contributed by atoms with E-state index >= 15 is 0 Å². The zero-order chi connectivity index (χ0) is 14.0. The molecule has 2 rings (SSSR count). The Kier molecular flexibility index (Phi) is 4.45. The quantitative estimate of drug-likeness (QED) is 0.780. The molecule has 1 heterocycles. The van der Waals surface area contributed by atoms with Gasteiger partial charge in [0.15, 0.2) is 9.84 Å². The summed E-state index contributed by atoms with van der Waals surface area (Å²) in [6.07, 6.45) is 0.619. The van der Waals surface area contributed by atoms with Gasteiger partial charge in [0.05, 0.1) is 11.5 Å². The van der Waals surface area contributed by atoms with Crippen molar-refractivity contribution in [2.24, 2.45) is 5.92 Å². The molecule has 0 aliphatic carbocycles. The molecule has 7 heteroatoms. The monoisotopic (exact) mass is 354 g/mol. The van der Waals surface area contributed by atoms with Crippen molar-refractivity contribution in [3.8, 4) is 5.75 Å². The van der Waals surface area contributed by atoms with Crippen molar-refractivity contribution < 1.29 is 21.9 Å². The van der Waals surface area contributed by atoms with Gasteiger partial charge in [-0.15, -0.1) is 0 Å². The molecule has 1 saturated heterocycles. The fraction of sp³-hybridized carbons (Fsp3) is 0.500. The smallest absolute Gasteiger partial charge is 0.387 e. The van der Waals surface area contributed by atoms with Gasteiger partial charge in [0, 0.05) is 4.83 Å². The fourth-order valence-corrected chi connectivity index (χ4v) is 5.00. The number of hydrogen-bond donors (Lipinski definition) is 0. The number of ether oxygens (including phenoxy) is 1. The van der Waals surface area contributed by atoms with E-state index in [1.54, 1.807) is 12.1 Å². The van der Waals surface area contributed by atoms with E-state index in [2.05, 4.69) is 20.7 Å². The van der Waals surface area contributed by atoms with Crippen LogP contribution in [0.3, 0.4) is 0 Å². The minimum absolute atomic E-state index is 0.0202. The first-order chi connectivity index (χ1) is 8.87. The van der Waals surface area contributed by atoms with E-state index in [-0.39, 0.29) is 28.0 Å². The first-order valence-corrected chi connectivity index (χ1v) is 8.50. The summed E-state index contributed by atoms with van der Waals surface area (Å²) < 4.78 is 51.1. The van der Waals surface area contributed by atoms with Crippen molar-refractivity contribution in [1.29, 1.82) is 0 Å². The molecule has 0 radical (unpaired) electrons. The Hall–Kier alpha value is -0.690. The molecule has 0 aromatic heterocycles. The van der Waals surface area contributed by atoms with Crippen molar-refractivity contribution in [1.82, 2.24) is 0 Å². The van der Waals surface area contributed by atoms with Crippen LogP contribution in [0.4, 0.5) is 8.78 Å². The van der Waals surface area contributed by atoms with Gasteiger partial charge in [-0.1, -0.05) is 28.1 Å². The number of alkyl halides is 3. The Morgan fingerprint density at radius 3 is 2.37 bits per heavy atom. The summed E-state index contributed by atoms with van der Waals surface area (Å²) in [6.45, 7) is -2.84. The Balaban J connectivity index is 2.06. The number of hydrogen-bond acceptors (Lipinski definition) is 3. The normalized spacial score (nSPS) is 23.5. The minimum atomic E-state index is -2.93. The lowest BCUT2D eigenvalue weighted by molar-refractivity contribution is -0.0498. The lowest BCUT2D eigenvalue weighted by Gasteiger charge is -2.16. The molecular formula is C12H13BrF2O3S. The molecule has 1 fully saturated rings. The van der Waals surface area contributed by atoms with Crippen LogP contribution >= 0.6 is 15.9 Å². The zero-order valence-corrected chi connectivity index (χ0v) is 12.3. The molecule has 0 bridgehead atoms. The van der Waals surface area contributed by atoms with Crippen LogP contribution in [0.25, 0.3) is 0 Å². The van der Waals surface area contributed by atoms with Gasteiger partial charge in [0.1, 0.15) is 5.75 Å². The van der Waals surface area contributed by atoms with Crippen molar-refractivity contribution in [2.75, 3.05) is 11.5 Å². The van der Waals surface area contributed by atoms with E-state index in [1.807, 2.05) is 0 Å². The molecule has 1 aliphatic rings. The predicted octanol–water partition coefficient (Wildman–Crippen LogP) is 3.16. The summed E-state index contributed by atoms with van der Waals surface area (Å²) in [6, 6.07) is 6.25. The van der Waals surface area contributed by atoms with Gasteiger partial charge < -0.3 is 4.74 Å². The third-order valence-electron chi connectivity index (χ3n) is 3.11. The molecule has 0 saturated carbocycles. The molecule has 0 spiro atoms. The van der Waals surface area contributed by atoms with E-state index in [1.165, 1.54) is 12.1 Å². The summed E-state index contributed by atoms with van der Waals surface area (Å²) in [4.78, 5) is -0.0922. The standard InChI is InChI=1S/C12H13BrF2O3S/c13-11(9-5-6-19(16,17)7-9)8-1-3-10(4-2-8)18-12(14)15/h1-4,9,11-12H,5-7H2. The highest BCUT2D eigenvalue weighted by molar-refractivity contribution is 9.09. The number of halogens is 3. The lowest BCUT2D eigenvalue weighted by atomic mass is 9.99. The summed E-state index contributed by atoms with van der Waals surface area (Å²) in [5.74, 6) is 0.495. The molecule has 19 heavy (non-hydrogen) atoms. The molecule has 2 atom stereocenters. The first kappa shape index (κ1) is 14.7. The molecule has 1 aromatic rings. The van der Waals surface area contributed by atoms with Crippen LogP contribution in [0, 0.1) is 5.92 Å². The number of rotatable bonds is 4. The van der Waals surface area contributed by atoms with Crippen molar-refractivity contribution in [3.63, 3.8) is 0 Å². The van der Waals surface area contributed by atoms with Crippen LogP contribution in [0.5, 0.6) is 5.75 Å². The Morgan fingerprint density at radius 2 is 1.89 bits per heavy atom. The summed E-state index contributed by atoms with van der Waals surface area (Å²) in [5.41, 5.74) is 0.865. The van der Waals surface area contributed by atoms with Crippen LogP contribution < -0.4 is 4.74 Å². The van der Waals surface area contributed by atoms with Gasteiger partial charge in [-0.05, 0) is 30.0 Å². The third kappa shape index (κ3) is 3.89.